The molecule has 2 heterocycles. The molecule has 150 valence electrons. The molecule has 0 atom stereocenters. The van der Waals surface area contributed by atoms with Gasteiger partial charge in [0.05, 0.1) is 11.8 Å². The largest absolute Gasteiger partial charge is 0.494 e. The van der Waals surface area contributed by atoms with Crippen LogP contribution >= 0.6 is 35.1 Å². The molecule has 3 aromatic rings. The molecule has 1 aromatic carbocycles. The summed E-state index contributed by atoms with van der Waals surface area (Å²) in [6.07, 6.45) is 3.48. The second kappa shape index (κ2) is 10.0. The molecule has 8 heteroatoms. The molecule has 1 amide bonds. The van der Waals surface area contributed by atoms with Crippen molar-refractivity contribution in [1.29, 1.82) is 0 Å². The fourth-order valence-electron chi connectivity index (χ4n) is 2.61. The van der Waals surface area contributed by atoms with E-state index in [0.717, 1.165) is 33.0 Å². The van der Waals surface area contributed by atoms with E-state index in [1.807, 2.05) is 56.7 Å². The predicted molar refractivity (Wildman–Crippen MR) is 122 cm³/mol. The number of fused-ring (bicyclic) bond motifs is 1. The predicted octanol–water partition coefficient (Wildman–Crippen LogP) is 4.70. The van der Waals surface area contributed by atoms with Crippen molar-refractivity contribution in [3.63, 3.8) is 0 Å². The average Bonchev–Trinajstić information content (AvgIpc) is 3.30. The Morgan fingerprint density at radius 3 is 2.68 bits per heavy atom. The average molecular weight is 438 g/mol. The van der Waals surface area contributed by atoms with Crippen LogP contribution in [0, 0.1) is 6.92 Å². The minimum atomic E-state index is -0.0686. The quantitative estimate of drug-likeness (QED) is 0.502. The van der Waals surface area contributed by atoms with Crippen LogP contribution in [0.5, 0.6) is 5.75 Å². The van der Waals surface area contributed by atoms with Crippen LogP contribution in [0.25, 0.3) is 16.3 Å². The number of likely N-dealkylation sites (N-methyl/N-ethyl adjacent to an activating group) is 1. The van der Waals surface area contributed by atoms with Crippen molar-refractivity contribution in [2.75, 3.05) is 39.2 Å². The number of methoxy groups -OCH3 is 1. The second-order valence-electron chi connectivity index (χ2n) is 6.40. The van der Waals surface area contributed by atoms with E-state index in [1.54, 1.807) is 29.4 Å². The molecule has 0 radical (unpaired) electrons. The molecule has 0 spiro atoms. The van der Waals surface area contributed by atoms with Gasteiger partial charge in [-0.15, -0.1) is 23.7 Å². The molecule has 0 fully saturated rings. The number of aromatic nitrogens is 1. The molecule has 0 aliphatic heterocycles. The van der Waals surface area contributed by atoms with Crippen molar-refractivity contribution in [3.8, 4) is 5.75 Å². The summed E-state index contributed by atoms with van der Waals surface area (Å²) < 4.78 is 6.50. The van der Waals surface area contributed by atoms with Crippen molar-refractivity contribution in [2.24, 2.45) is 0 Å². The highest BCUT2D eigenvalue weighted by atomic mass is 35.5. The smallest absolute Gasteiger partial charge is 0.252 e. The normalized spacial score (nSPS) is 11.2. The summed E-state index contributed by atoms with van der Waals surface area (Å²) in [4.78, 5) is 22.5. The van der Waals surface area contributed by atoms with Gasteiger partial charge in [0.15, 0.2) is 5.13 Å². The van der Waals surface area contributed by atoms with Crippen LogP contribution in [0.2, 0.25) is 0 Å². The number of aryl methyl sites for hydroxylation is 1. The van der Waals surface area contributed by atoms with Gasteiger partial charge in [0.2, 0.25) is 0 Å². The minimum Gasteiger partial charge on any atom is -0.494 e. The van der Waals surface area contributed by atoms with Crippen LogP contribution in [-0.2, 0) is 4.79 Å². The lowest BCUT2D eigenvalue weighted by Gasteiger charge is -2.20. The molecular weight excluding hydrogens is 414 g/mol. The van der Waals surface area contributed by atoms with Crippen LogP contribution in [0.4, 0.5) is 5.13 Å². The molecule has 0 aliphatic rings. The van der Waals surface area contributed by atoms with Crippen molar-refractivity contribution in [1.82, 2.24) is 9.88 Å². The van der Waals surface area contributed by atoms with Crippen LogP contribution < -0.4 is 9.64 Å². The number of thiazole rings is 1. The zero-order chi connectivity index (χ0) is 19.4. The third-order valence-corrected chi connectivity index (χ3v) is 6.16. The van der Waals surface area contributed by atoms with Crippen molar-refractivity contribution < 1.29 is 9.53 Å². The van der Waals surface area contributed by atoms with E-state index in [9.17, 15) is 4.79 Å². The minimum absolute atomic E-state index is 0. The standard InChI is InChI=1S/C20H23N3O2S2.ClH/c1-14-7-9-16(25-4)18-19(14)27-20(21-18)23(12-11-22(2)3)17(24)10-8-15-6-5-13-26-15;/h5-10,13H,11-12H2,1-4H3;1H/b10-8+;. The van der Waals surface area contributed by atoms with Gasteiger partial charge in [-0.2, -0.15) is 0 Å². The number of rotatable bonds is 7. The van der Waals surface area contributed by atoms with E-state index in [0.29, 0.717) is 11.7 Å². The van der Waals surface area contributed by atoms with Gasteiger partial charge < -0.3 is 9.64 Å². The SMILES string of the molecule is COc1ccc(C)c2sc(N(CCN(C)C)C(=O)/C=C/c3cccs3)nc12.Cl. The number of halogens is 1. The lowest BCUT2D eigenvalue weighted by atomic mass is 10.2. The number of nitrogens with zero attached hydrogens (tertiary/aromatic N) is 3. The van der Waals surface area contributed by atoms with E-state index < -0.39 is 0 Å². The van der Waals surface area contributed by atoms with Gasteiger partial charge in [0, 0.05) is 24.0 Å². The molecular formula is C20H24ClN3O2S2. The summed E-state index contributed by atoms with van der Waals surface area (Å²) in [6.45, 7) is 3.37. The monoisotopic (exact) mass is 437 g/mol. The van der Waals surface area contributed by atoms with Crippen LogP contribution in [0.3, 0.4) is 0 Å². The third-order valence-electron chi connectivity index (χ3n) is 4.11. The first-order valence-corrected chi connectivity index (χ1v) is 10.3. The van der Waals surface area contributed by atoms with Crippen molar-refractivity contribution in [2.45, 2.75) is 6.92 Å². The maximum Gasteiger partial charge on any atom is 0.252 e. The van der Waals surface area contributed by atoms with Gasteiger partial charge in [0.25, 0.3) is 5.91 Å². The van der Waals surface area contributed by atoms with E-state index in [-0.39, 0.29) is 18.3 Å². The number of carbonyl (C=O) groups is 1. The van der Waals surface area contributed by atoms with Gasteiger partial charge in [-0.05, 0) is 50.2 Å². The number of hydrogen-bond donors (Lipinski definition) is 0. The molecule has 0 unspecified atom stereocenters. The summed E-state index contributed by atoms with van der Waals surface area (Å²) >= 11 is 3.14. The number of ether oxygens (including phenoxy) is 1. The van der Waals surface area contributed by atoms with Crippen molar-refractivity contribution >= 4 is 62.4 Å². The summed E-state index contributed by atoms with van der Waals surface area (Å²) in [5, 5.41) is 2.69. The van der Waals surface area contributed by atoms with E-state index >= 15 is 0 Å². The molecule has 28 heavy (non-hydrogen) atoms. The molecule has 3 rings (SSSR count). The van der Waals surface area contributed by atoms with E-state index in [1.165, 1.54) is 11.3 Å². The van der Waals surface area contributed by atoms with Gasteiger partial charge in [-0.3, -0.25) is 9.69 Å². The number of benzene rings is 1. The summed E-state index contributed by atoms with van der Waals surface area (Å²) in [5.41, 5.74) is 1.94. The van der Waals surface area contributed by atoms with Crippen LogP contribution in [-0.4, -0.2) is 50.1 Å². The van der Waals surface area contributed by atoms with Crippen LogP contribution in [0.1, 0.15) is 10.4 Å². The first kappa shape index (κ1) is 22.4. The summed E-state index contributed by atoms with van der Waals surface area (Å²) in [6, 6.07) is 7.90. The molecule has 0 aliphatic carbocycles. The number of amides is 1. The number of hydrogen-bond acceptors (Lipinski definition) is 6. The number of carbonyl (C=O) groups excluding carboxylic acids is 1. The molecule has 0 bridgehead atoms. The lowest BCUT2D eigenvalue weighted by molar-refractivity contribution is -0.114. The van der Waals surface area contributed by atoms with E-state index in [2.05, 4.69) is 4.90 Å². The third kappa shape index (κ3) is 5.11. The molecule has 0 saturated carbocycles. The van der Waals surface area contributed by atoms with Gasteiger partial charge in [0.1, 0.15) is 11.3 Å². The van der Waals surface area contributed by atoms with Gasteiger partial charge in [-0.25, -0.2) is 4.98 Å². The lowest BCUT2D eigenvalue weighted by Crippen LogP contribution is -2.35. The Morgan fingerprint density at radius 2 is 2.04 bits per heavy atom. The zero-order valence-electron chi connectivity index (χ0n) is 16.3. The maximum atomic E-state index is 12.9. The Balaban J connectivity index is 0.00000280. The number of thiophene rings is 1. The number of anilines is 1. The highest BCUT2D eigenvalue weighted by molar-refractivity contribution is 7.22. The van der Waals surface area contributed by atoms with Crippen LogP contribution in [0.15, 0.2) is 35.7 Å². The second-order valence-corrected chi connectivity index (χ2v) is 8.36. The van der Waals surface area contributed by atoms with Gasteiger partial charge >= 0.3 is 0 Å². The summed E-state index contributed by atoms with van der Waals surface area (Å²) in [5.74, 6) is 0.660. The fourth-order valence-corrected chi connectivity index (χ4v) is 4.31. The first-order valence-electron chi connectivity index (χ1n) is 8.61. The Morgan fingerprint density at radius 1 is 1.25 bits per heavy atom. The Hall–Kier alpha value is -1.93. The fraction of sp³-hybridized carbons (Fsp3) is 0.300. The Kier molecular flexibility index (Phi) is 8.00. The Labute approximate surface area is 179 Å². The zero-order valence-corrected chi connectivity index (χ0v) is 18.8. The first-order chi connectivity index (χ1) is 13.0. The van der Waals surface area contributed by atoms with E-state index in [4.69, 9.17) is 9.72 Å². The molecule has 0 N–H and O–H groups in total. The highest BCUT2D eigenvalue weighted by Gasteiger charge is 2.20. The molecule has 0 saturated heterocycles. The molecule has 2 aromatic heterocycles. The highest BCUT2D eigenvalue weighted by Crippen LogP contribution is 2.36. The Bertz CT molecular complexity index is 952. The summed E-state index contributed by atoms with van der Waals surface area (Å²) in [7, 11) is 5.63. The topological polar surface area (TPSA) is 45.7 Å². The molecule has 5 nitrogen and oxygen atoms in total. The van der Waals surface area contributed by atoms with Crippen molar-refractivity contribution in [3.05, 3.63) is 46.2 Å². The maximum absolute atomic E-state index is 12.9. The van der Waals surface area contributed by atoms with Gasteiger partial charge in [-0.1, -0.05) is 23.5 Å².